The number of carbonyl (C=O) groups excluding carboxylic acids is 1. The highest BCUT2D eigenvalue weighted by Crippen LogP contribution is 2.53. The first-order valence-corrected chi connectivity index (χ1v) is 12.1. The lowest BCUT2D eigenvalue weighted by atomic mass is 9.54. The number of amides is 1. The quantitative estimate of drug-likeness (QED) is 0.601. The summed E-state index contributed by atoms with van der Waals surface area (Å²) in [4.78, 5) is 13.2. The molecular formula is C23H34ClF3N4O2. The first kappa shape index (κ1) is 24.6. The van der Waals surface area contributed by atoms with Crippen LogP contribution in [0.15, 0.2) is 6.20 Å². The SMILES string of the molecule is Cl.O=C(NC1C2CC3CC(C2)CC1C3)c1cnn(CCC2CCNCC2)c1OCC(F)(F)F. The summed E-state index contributed by atoms with van der Waals surface area (Å²) >= 11 is 0. The number of nitrogens with one attached hydrogen (secondary N) is 2. The third-order valence-electron chi connectivity index (χ3n) is 8.14. The van der Waals surface area contributed by atoms with Gasteiger partial charge >= 0.3 is 6.18 Å². The largest absolute Gasteiger partial charge is 0.468 e. The number of piperidine rings is 1. The molecule has 33 heavy (non-hydrogen) atoms. The third kappa shape index (κ3) is 5.61. The molecule has 0 aromatic carbocycles. The van der Waals surface area contributed by atoms with Crippen molar-refractivity contribution in [2.75, 3.05) is 19.7 Å². The standard InChI is InChI=1S/C23H33F3N4O2.ClH/c24-23(25,26)13-32-22-19(12-28-30(22)6-3-14-1-4-27-5-2-14)21(31)29-20-17-8-15-7-16(10-17)11-18(20)9-15;/h12,14-18,20,27H,1-11,13H2,(H,29,31);1H. The van der Waals surface area contributed by atoms with Gasteiger partial charge in [-0.25, -0.2) is 4.68 Å². The predicted molar refractivity (Wildman–Crippen MR) is 120 cm³/mol. The van der Waals surface area contributed by atoms with E-state index in [2.05, 4.69) is 15.7 Å². The van der Waals surface area contributed by atoms with Gasteiger partial charge in [0.2, 0.25) is 5.88 Å². The van der Waals surface area contributed by atoms with Crippen molar-refractivity contribution in [3.63, 3.8) is 0 Å². The van der Waals surface area contributed by atoms with Crippen LogP contribution >= 0.6 is 12.4 Å². The Labute approximate surface area is 198 Å². The summed E-state index contributed by atoms with van der Waals surface area (Å²) in [6.07, 6.45) is 5.75. The molecule has 5 aliphatic rings. The lowest BCUT2D eigenvalue weighted by molar-refractivity contribution is -0.154. The van der Waals surface area contributed by atoms with Gasteiger partial charge in [-0.2, -0.15) is 18.3 Å². The molecule has 5 fully saturated rings. The molecule has 186 valence electrons. The van der Waals surface area contributed by atoms with Gasteiger partial charge in [0.05, 0.1) is 6.20 Å². The molecule has 4 saturated carbocycles. The highest BCUT2D eigenvalue weighted by Gasteiger charge is 2.48. The van der Waals surface area contributed by atoms with Crippen molar-refractivity contribution < 1.29 is 22.7 Å². The van der Waals surface area contributed by atoms with Gasteiger partial charge in [0, 0.05) is 12.6 Å². The summed E-state index contributed by atoms with van der Waals surface area (Å²) in [5.41, 5.74) is 0.119. The first-order chi connectivity index (χ1) is 15.4. The molecule has 4 aliphatic carbocycles. The summed E-state index contributed by atoms with van der Waals surface area (Å²) in [6, 6.07) is 0.115. The van der Waals surface area contributed by atoms with Crippen molar-refractivity contribution in [3.8, 4) is 5.88 Å². The number of nitrogens with zero attached hydrogens (tertiary/aromatic N) is 2. The van der Waals surface area contributed by atoms with Crippen LogP contribution in [0.25, 0.3) is 0 Å². The minimum absolute atomic E-state index is 0. The van der Waals surface area contributed by atoms with Crippen molar-refractivity contribution in [1.82, 2.24) is 20.4 Å². The molecule has 6 nitrogen and oxygen atoms in total. The van der Waals surface area contributed by atoms with E-state index in [1.54, 1.807) is 0 Å². The molecule has 6 rings (SSSR count). The summed E-state index contributed by atoms with van der Waals surface area (Å²) < 4.78 is 45.3. The van der Waals surface area contributed by atoms with Crippen LogP contribution in [0.3, 0.4) is 0 Å². The Hall–Kier alpha value is -1.48. The van der Waals surface area contributed by atoms with Crippen LogP contribution in [0.2, 0.25) is 0 Å². The normalized spacial score (nSPS) is 31.3. The fourth-order valence-corrected chi connectivity index (χ4v) is 6.86. The van der Waals surface area contributed by atoms with E-state index in [4.69, 9.17) is 4.74 Å². The van der Waals surface area contributed by atoms with Gasteiger partial charge in [-0.15, -0.1) is 12.4 Å². The van der Waals surface area contributed by atoms with Gasteiger partial charge in [-0.3, -0.25) is 4.79 Å². The van der Waals surface area contributed by atoms with Crippen LogP contribution in [0.5, 0.6) is 5.88 Å². The molecule has 1 aromatic rings. The highest BCUT2D eigenvalue weighted by atomic mass is 35.5. The monoisotopic (exact) mass is 490 g/mol. The third-order valence-corrected chi connectivity index (χ3v) is 8.14. The molecule has 0 atom stereocenters. The van der Waals surface area contributed by atoms with Crippen molar-refractivity contribution in [2.24, 2.45) is 29.6 Å². The number of hydrogen-bond acceptors (Lipinski definition) is 4. The van der Waals surface area contributed by atoms with Crippen molar-refractivity contribution in [1.29, 1.82) is 0 Å². The van der Waals surface area contributed by atoms with E-state index < -0.39 is 12.8 Å². The Balaban J connectivity index is 0.00000259. The Morgan fingerprint density at radius 1 is 1.12 bits per heavy atom. The van der Waals surface area contributed by atoms with E-state index in [-0.39, 0.29) is 35.8 Å². The van der Waals surface area contributed by atoms with Crippen LogP contribution in [0.1, 0.15) is 61.7 Å². The number of halogens is 4. The Kier molecular flexibility index (Phi) is 7.48. The van der Waals surface area contributed by atoms with E-state index >= 15 is 0 Å². The minimum atomic E-state index is -4.47. The molecule has 0 spiro atoms. The Morgan fingerprint density at radius 2 is 1.76 bits per heavy atom. The average molecular weight is 491 g/mol. The van der Waals surface area contributed by atoms with E-state index in [0.717, 1.165) is 69.9 Å². The zero-order valence-electron chi connectivity index (χ0n) is 18.8. The molecular weight excluding hydrogens is 457 g/mol. The van der Waals surface area contributed by atoms with Crippen LogP contribution in [-0.2, 0) is 6.54 Å². The maximum absolute atomic E-state index is 13.2. The fourth-order valence-electron chi connectivity index (χ4n) is 6.86. The molecule has 1 saturated heterocycles. The summed E-state index contributed by atoms with van der Waals surface area (Å²) in [5.74, 6) is 2.64. The van der Waals surface area contributed by atoms with Crippen LogP contribution in [0, 0.1) is 29.6 Å². The maximum atomic E-state index is 13.2. The molecule has 1 amide bonds. The molecule has 0 radical (unpaired) electrons. The number of carbonyl (C=O) groups is 1. The molecule has 1 aliphatic heterocycles. The lowest BCUT2D eigenvalue weighted by Gasteiger charge is -2.54. The lowest BCUT2D eigenvalue weighted by Crippen LogP contribution is -2.55. The number of alkyl halides is 3. The van der Waals surface area contributed by atoms with Crippen LogP contribution in [0.4, 0.5) is 13.2 Å². The average Bonchev–Trinajstić information content (AvgIpc) is 3.16. The smallest absolute Gasteiger partial charge is 0.422 e. The second kappa shape index (κ2) is 10.0. The molecule has 2 N–H and O–H groups in total. The number of ether oxygens (including phenoxy) is 1. The van der Waals surface area contributed by atoms with Crippen molar-refractivity contribution >= 4 is 18.3 Å². The first-order valence-electron chi connectivity index (χ1n) is 12.1. The second-order valence-corrected chi connectivity index (χ2v) is 10.4. The molecule has 1 aromatic heterocycles. The van der Waals surface area contributed by atoms with E-state index in [9.17, 15) is 18.0 Å². The predicted octanol–water partition coefficient (Wildman–Crippen LogP) is 4.19. The van der Waals surface area contributed by atoms with Crippen molar-refractivity contribution in [3.05, 3.63) is 11.8 Å². The molecule has 10 heteroatoms. The summed E-state index contributed by atoms with van der Waals surface area (Å²) in [6.45, 7) is 0.939. The fraction of sp³-hybridized carbons (Fsp3) is 0.826. The summed E-state index contributed by atoms with van der Waals surface area (Å²) in [7, 11) is 0. The van der Waals surface area contributed by atoms with Crippen molar-refractivity contribution in [2.45, 2.75) is 70.1 Å². The second-order valence-electron chi connectivity index (χ2n) is 10.4. The number of aromatic nitrogens is 2. The Bertz CT molecular complexity index is 797. The Morgan fingerprint density at radius 3 is 2.36 bits per heavy atom. The van der Waals surface area contributed by atoms with Gasteiger partial charge in [-0.1, -0.05) is 0 Å². The minimum Gasteiger partial charge on any atom is -0.468 e. The van der Waals surface area contributed by atoms with E-state index in [1.165, 1.54) is 17.3 Å². The van der Waals surface area contributed by atoms with E-state index in [0.29, 0.717) is 24.3 Å². The zero-order valence-corrected chi connectivity index (χ0v) is 19.6. The van der Waals surface area contributed by atoms with E-state index in [1.807, 2.05) is 0 Å². The number of rotatable bonds is 7. The maximum Gasteiger partial charge on any atom is 0.422 e. The topological polar surface area (TPSA) is 68.2 Å². The van der Waals surface area contributed by atoms with Crippen LogP contribution in [-0.4, -0.2) is 47.6 Å². The highest BCUT2D eigenvalue weighted by molar-refractivity contribution is 5.96. The number of aryl methyl sites for hydroxylation is 1. The van der Waals surface area contributed by atoms with Gasteiger partial charge in [-0.05, 0) is 94.0 Å². The summed E-state index contributed by atoms with van der Waals surface area (Å²) in [5, 5.41) is 10.7. The number of hydrogen-bond donors (Lipinski definition) is 2. The zero-order chi connectivity index (χ0) is 22.3. The molecule has 4 bridgehead atoms. The molecule has 2 heterocycles. The van der Waals surface area contributed by atoms with Gasteiger partial charge < -0.3 is 15.4 Å². The van der Waals surface area contributed by atoms with Gasteiger partial charge in [0.1, 0.15) is 5.56 Å². The molecule has 0 unspecified atom stereocenters. The van der Waals surface area contributed by atoms with Gasteiger partial charge in [0.15, 0.2) is 6.61 Å². The van der Waals surface area contributed by atoms with Gasteiger partial charge in [0.25, 0.3) is 5.91 Å². The van der Waals surface area contributed by atoms with Crippen LogP contribution < -0.4 is 15.4 Å².